The van der Waals surface area contributed by atoms with E-state index in [4.69, 9.17) is 5.11 Å². The number of carboxylic acid groups (broad SMARTS) is 1. The SMILES string of the molecule is CCC(C)N(CCC(=O)O)CC(=O)NC1CCCC1. The van der Waals surface area contributed by atoms with Gasteiger partial charge in [-0.1, -0.05) is 19.8 Å². The minimum absolute atomic E-state index is 0.0255. The third-order valence-electron chi connectivity index (χ3n) is 3.89. The number of rotatable bonds is 8. The zero-order valence-corrected chi connectivity index (χ0v) is 12.0. The molecule has 0 radical (unpaired) electrons. The maximum absolute atomic E-state index is 12.0. The average Bonchev–Trinajstić information content (AvgIpc) is 2.85. The molecule has 1 amide bonds. The van der Waals surface area contributed by atoms with Crippen LogP contribution in [0.25, 0.3) is 0 Å². The second-order valence-corrected chi connectivity index (χ2v) is 5.42. The van der Waals surface area contributed by atoms with E-state index in [9.17, 15) is 9.59 Å². The van der Waals surface area contributed by atoms with Crippen molar-refractivity contribution in [2.24, 2.45) is 0 Å². The number of hydrogen-bond donors (Lipinski definition) is 2. The van der Waals surface area contributed by atoms with Crippen LogP contribution in [0.4, 0.5) is 0 Å². The molecule has 1 atom stereocenters. The van der Waals surface area contributed by atoms with Crippen LogP contribution in [0.5, 0.6) is 0 Å². The summed E-state index contributed by atoms with van der Waals surface area (Å²) in [5, 5.41) is 11.8. The van der Waals surface area contributed by atoms with Crippen molar-refractivity contribution in [2.45, 2.75) is 64.5 Å². The summed E-state index contributed by atoms with van der Waals surface area (Å²) in [6, 6.07) is 0.555. The van der Waals surface area contributed by atoms with Gasteiger partial charge < -0.3 is 10.4 Å². The average molecular weight is 270 g/mol. The molecule has 0 bridgehead atoms. The Morgan fingerprint density at radius 1 is 1.37 bits per heavy atom. The van der Waals surface area contributed by atoms with Crippen LogP contribution in [0, 0.1) is 0 Å². The predicted molar refractivity (Wildman–Crippen MR) is 74.0 cm³/mol. The molecule has 0 aromatic carbocycles. The van der Waals surface area contributed by atoms with E-state index in [2.05, 4.69) is 5.32 Å². The normalized spacial score (nSPS) is 17.6. The molecule has 0 aliphatic heterocycles. The number of amides is 1. The molecular formula is C14H26N2O3. The van der Waals surface area contributed by atoms with Gasteiger partial charge in [0, 0.05) is 18.6 Å². The third kappa shape index (κ3) is 6.05. The molecule has 0 heterocycles. The number of carbonyl (C=O) groups excluding carboxylic acids is 1. The molecule has 110 valence electrons. The maximum atomic E-state index is 12.0. The van der Waals surface area contributed by atoms with Gasteiger partial charge in [0.15, 0.2) is 0 Å². The van der Waals surface area contributed by atoms with E-state index in [1.165, 1.54) is 12.8 Å². The van der Waals surface area contributed by atoms with Gasteiger partial charge in [-0.25, -0.2) is 0 Å². The van der Waals surface area contributed by atoms with Crippen LogP contribution in [0.3, 0.4) is 0 Å². The van der Waals surface area contributed by atoms with Gasteiger partial charge in [0.2, 0.25) is 5.91 Å². The first-order valence-electron chi connectivity index (χ1n) is 7.28. The van der Waals surface area contributed by atoms with Crippen molar-refractivity contribution in [3.05, 3.63) is 0 Å². The van der Waals surface area contributed by atoms with Crippen molar-refractivity contribution in [1.82, 2.24) is 10.2 Å². The molecule has 1 aliphatic carbocycles. The monoisotopic (exact) mass is 270 g/mol. The smallest absolute Gasteiger partial charge is 0.304 e. The Bertz CT molecular complexity index is 301. The van der Waals surface area contributed by atoms with Gasteiger partial charge in [-0.05, 0) is 26.2 Å². The third-order valence-corrected chi connectivity index (χ3v) is 3.89. The van der Waals surface area contributed by atoms with E-state index in [1.54, 1.807) is 0 Å². The van der Waals surface area contributed by atoms with Crippen molar-refractivity contribution >= 4 is 11.9 Å². The van der Waals surface area contributed by atoms with Crippen molar-refractivity contribution in [3.8, 4) is 0 Å². The Hall–Kier alpha value is -1.10. The topological polar surface area (TPSA) is 69.6 Å². The Balaban J connectivity index is 2.40. The van der Waals surface area contributed by atoms with Crippen LogP contribution in [-0.4, -0.2) is 47.1 Å². The van der Waals surface area contributed by atoms with Crippen LogP contribution in [-0.2, 0) is 9.59 Å². The molecule has 5 nitrogen and oxygen atoms in total. The molecular weight excluding hydrogens is 244 g/mol. The summed E-state index contributed by atoms with van der Waals surface area (Å²) in [5.41, 5.74) is 0. The molecule has 1 saturated carbocycles. The lowest BCUT2D eigenvalue weighted by atomic mass is 10.2. The summed E-state index contributed by atoms with van der Waals surface area (Å²) in [6.07, 6.45) is 5.53. The van der Waals surface area contributed by atoms with Crippen LogP contribution < -0.4 is 5.32 Å². The van der Waals surface area contributed by atoms with Crippen molar-refractivity contribution in [1.29, 1.82) is 0 Å². The number of aliphatic carboxylic acids is 1. The van der Waals surface area contributed by atoms with E-state index >= 15 is 0 Å². The van der Waals surface area contributed by atoms with Crippen LogP contribution in [0.2, 0.25) is 0 Å². The van der Waals surface area contributed by atoms with Crippen LogP contribution >= 0.6 is 0 Å². The molecule has 1 unspecified atom stereocenters. The van der Waals surface area contributed by atoms with E-state index in [0.717, 1.165) is 19.3 Å². The summed E-state index contributed by atoms with van der Waals surface area (Å²) in [6.45, 7) is 4.82. The quantitative estimate of drug-likeness (QED) is 0.703. The first-order chi connectivity index (χ1) is 9.02. The number of nitrogens with zero attached hydrogens (tertiary/aromatic N) is 1. The minimum Gasteiger partial charge on any atom is -0.481 e. The summed E-state index contributed by atoms with van der Waals surface area (Å²) in [4.78, 5) is 24.6. The Kier molecular flexibility index (Phi) is 6.84. The van der Waals surface area contributed by atoms with E-state index in [0.29, 0.717) is 19.1 Å². The molecule has 0 aromatic heterocycles. The molecule has 19 heavy (non-hydrogen) atoms. The van der Waals surface area contributed by atoms with Gasteiger partial charge in [-0.3, -0.25) is 14.5 Å². The van der Waals surface area contributed by atoms with E-state index in [-0.39, 0.29) is 18.4 Å². The molecule has 1 fully saturated rings. The predicted octanol–water partition coefficient (Wildman–Crippen LogP) is 1.62. The molecule has 1 aliphatic rings. The van der Waals surface area contributed by atoms with Gasteiger partial charge in [-0.2, -0.15) is 0 Å². The Morgan fingerprint density at radius 2 is 2.00 bits per heavy atom. The van der Waals surface area contributed by atoms with E-state index in [1.807, 2.05) is 18.7 Å². The summed E-state index contributed by atoms with van der Waals surface area (Å²) in [5.74, 6) is -0.790. The fourth-order valence-electron chi connectivity index (χ4n) is 2.48. The van der Waals surface area contributed by atoms with Crippen molar-refractivity contribution in [3.63, 3.8) is 0 Å². The van der Waals surface area contributed by atoms with Gasteiger partial charge in [0.25, 0.3) is 0 Å². The highest BCUT2D eigenvalue weighted by atomic mass is 16.4. The summed E-state index contributed by atoms with van der Waals surface area (Å²) in [7, 11) is 0. The lowest BCUT2D eigenvalue weighted by Gasteiger charge is -2.27. The molecule has 0 aromatic rings. The second-order valence-electron chi connectivity index (χ2n) is 5.42. The highest BCUT2D eigenvalue weighted by molar-refractivity contribution is 5.78. The van der Waals surface area contributed by atoms with Crippen LogP contribution in [0.15, 0.2) is 0 Å². The second kappa shape index (κ2) is 8.15. The Labute approximate surface area is 115 Å². The fraction of sp³-hybridized carbons (Fsp3) is 0.857. The first-order valence-corrected chi connectivity index (χ1v) is 7.28. The van der Waals surface area contributed by atoms with Gasteiger partial charge in [-0.15, -0.1) is 0 Å². The van der Waals surface area contributed by atoms with E-state index < -0.39 is 5.97 Å². The summed E-state index contributed by atoms with van der Waals surface area (Å²) >= 11 is 0. The molecule has 0 saturated heterocycles. The number of nitrogens with one attached hydrogen (secondary N) is 1. The lowest BCUT2D eigenvalue weighted by Crippen LogP contribution is -2.44. The van der Waals surface area contributed by atoms with Gasteiger partial charge in [0.05, 0.1) is 13.0 Å². The van der Waals surface area contributed by atoms with Crippen LogP contribution in [0.1, 0.15) is 52.4 Å². The number of carboxylic acids is 1. The highest BCUT2D eigenvalue weighted by Gasteiger charge is 2.21. The zero-order valence-electron chi connectivity index (χ0n) is 12.0. The summed E-state index contributed by atoms with van der Waals surface area (Å²) < 4.78 is 0. The molecule has 1 rings (SSSR count). The van der Waals surface area contributed by atoms with Gasteiger partial charge in [0.1, 0.15) is 0 Å². The molecule has 2 N–H and O–H groups in total. The zero-order chi connectivity index (χ0) is 14.3. The maximum Gasteiger partial charge on any atom is 0.304 e. The van der Waals surface area contributed by atoms with Crippen molar-refractivity contribution < 1.29 is 14.7 Å². The van der Waals surface area contributed by atoms with Gasteiger partial charge >= 0.3 is 5.97 Å². The van der Waals surface area contributed by atoms with Crippen molar-refractivity contribution in [2.75, 3.05) is 13.1 Å². The largest absolute Gasteiger partial charge is 0.481 e. The first kappa shape index (κ1) is 16.0. The molecule has 5 heteroatoms. The molecule has 0 spiro atoms. The minimum atomic E-state index is -0.815. The fourth-order valence-corrected chi connectivity index (χ4v) is 2.48. The standard InChI is InChI=1S/C14H26N2O3/c1-3-11(2)16(9-8-14(18)19)10-13(17)15-12-6-4-5-7-12/h11-12H,3-10H2,1-2H3,(H,15,17)(H,18,19). The Morgan fingerprint density at radius 3 is 2.53 bits per heavy atom. The lowest BCUT2D eigenvalue weighted by molar-refractivity contribution is -0.138. The number of carbonyl (C=O) groups is 2. The highest BCUT2D eigenvalue weighted by Crippen LogP contribution is 2.17. The number of hydrogen-bond acceptors (Lipinski definition) is 3.